The molecule has 6 nitrogen and oxygen atoms in total. The van der Waals surface area contributed by atoms with Crippen molar-refractivity contribution in [2.24, 2.45) is 5.92 Å². The van der Waals surface area contributed by atoms with E-state index in [4.69, 9.17) is 4.74 Å². The summed E-state index contributed by atoms with van der Waals surface area (Å²) in [4.78, 5) is 31.7. The van der Waals surface area contributed by atoms with Crippen molar-refractivity contribution in [3.63, 3.8) is 0 Å². The van der Waals surface area contributed by atoms with Gasteiger partial charge in [0.1, 0.15) is 11.2 Å². The van der Waals surface area contributed by atoms with Crippen LogP contribution in [0.3, 0.4) is 0 Å². The fourth-order valence-electron chi connectivity index (χ4n) is 4.30. The summed E-state index contributed by atoms with van der Waals surface area (Å²) in [7, 11) is 0. The normalized spacial score (nSPS) is 25.5. The van der Waals surface area contributed by atoms with Crippen molar-refractivity contribution in [3.05, 3.63) is 36.3 Å². The number of nitrogens with zero attached hydrogens (tertiary/aromatic N) is 3. The summed E-state index contributed by atoms with van der Waals surface area (Å²) in [6.45, 7) is 5.65. The smallest absolute Gasteiger partial charge is 0.410 e. The van der Waals surface area contributed by atoms with E-state index in [1.165, 1.54) is 0 Å². The van der Waals surface area contributed by atoms with Crippen LogP contribution in [0.25, 0.3) is 5.65 Å². The van der Waals surface area contributed by atoms with Crippen LogP contribution >= 0.6 is 0 Å². The Morgan fingerprint density at radius 2 is 1.85 bits per heavy atom. The molecule has 2 bridgehead atoms. The molecule has 4 rings (SSSR count). The maximum Gasteiger partial charge on any atom is 0.410 e. The summed E-state index contributed by atoms with van der Waals surface area (Å²) in [6, 6.07) is 3.92. The Kier molecular flexibility index (Phi) is 4.01. The fourth-order valence-corrected chi connectivity index (χ4v) is 4.30. The Labute approximate surface area is 153 Å². The predicted octanol–water partition coefficient (Wildman–Crippen LogP) is 3.70. The Hall–Kier alpha value is -2.37. The average Bonchev–Trinajstić information content (AvgIpc) is 3.14. The number of fused-ring (bicyclic) bond motifs is 3. The van der Waals surface area contributed by atoms with Gasteiger partial charge in [-0.2, -0.15) is 0 Å². The van der Waals surface area contributed by atoms with Gasteiger partial charge in [-0.05, 0) is 58.6 Å². The number of piperidine rings is 1. The van der Waals surface area contributed by atoms with Crippen LogP contribution in [0.15, 0.2) is 30.7 Å². The van der Waals surface area contributed by atoms with Crippen molar-refractivity contribution in [1.82, 2.24) is 14.3 Å². The van der Waals surface area contributed by atoms with Gasteiger partial charge in [-0.1, -0.05) is 0 Å². The van der Waals surface area contributed by atoms with E-state index in [1.54, 1.807) is 6.20 Å². The molecule has 2 atom stereocenters. The molecule has 0 N–H and O–H groups in total. The van der Waals surface area contributed by atoms with Gasteiger partial charge in [0.15, 0.2) is 5.78 Å². The Bertz CT molecular complexity index is 837. The third kappa shape index (κ3) is 3.08. The van der Waals surface area contributed by atoms with Crippen LogP contribution in [0, 0.1) is 5.92 Å². The number of rotatable bonds is 2. The maximum atomic E-state index is 13.0. The van der Waals surface area contributed by atoms with Gasteiger partial charge in [-0.3, -0.25) is 4.79 Å². The second kappa shape index (κ2) is 6.11. The summed E-state index contributed by atoms with van der Waals surface area (Å²) in [5.41, 5.74) is 0.992. The van der Waals surface area contributed by atoms with Crippen molar-refractivity contribution >= 4 is 17.5 Å². The number of amides is 1. The minimum atomic E-state index is -0.497. The average molecular weight is 355 g/mol. The minimum Gasteiger partial charge on any atom is -0.444 e. The van der Waals surface area contributed by atoms with Gasteiger partial charge in [-0.25, -0.2) is 9.78 Å². The molecule has 0 saturated carbocycles. The molecule has 26 heavy (non-hydrogen) atoms. The zero-order chi connectivity index (χ0) is 18.5. The Morgan fingerprint density at radius 1 is 1.15 bits per heavy atom. The highest BCUT2D eigenvalue weighted by Crippen LogP contribution is 2.40. The van der Waals surface area contributed by atoms with E-state index >= 15 is 0 Å². The van der Waals surface area contributed by atoms with Gasteiger partial charge < -0.3 is 14.0 Å². The standard InChI is InChI=1S/C20H25N3O3/c1-20(2,3)26-19(25)23-15-4-5-16(23)11-14(10-15)18(24)13-6-8-22-9-7-21-17(22)12-13/h6-9,12,14-16H,4-5,10-11H2,1-3H3. The summed E-state index contributed by atoms with van der Waals surface area (Å²) >= 11 is 0. The number of Topliss-reactive ketones (excluding diaryl/α,β-unsaturated/α-hetero) is 1. The summed E-state index contributed by atoms with van der Waals surface area (Å²) in [6.07, 6.45) is 8.56. The second-order valence-corrected chi connectivity index (χ2v) is 8.41. The maximum absolute atomic E-state index is 13.0. The highest BCUT2D eigenvalue weighted by Gasteiger charge is 2.46. The lowest BCUT2D eigenvalue weighted by Gasteiger charge is -2.39. The van der Waals surface area contributed by atoms with Crippen LogP contribution in [0.1, 0.15) is 56.8 Å². The molecule has 2 aliphatic rings. The zero-order valence-electron chi connectivity index (χ0n) is 15.5. The van der Waals surface area contributed by atoms with E-state index in [0.29, 0.717) is 18.4 Å². The van der Waals surface area contributed by atoms with Gasteiger partial charge in [0.25, 0.3) is 0 Å². The molecular weight excluding hydrogens is 330 g/mol. The van der Waals surface area contributed by atoms with E-state index < -0.39 is 5.60 Å². The van der Waals surface area contributed by atoms with Crippen molar-refractivity contribution < 1.29 is 14.3 Å². The summed E-state index contributed by atoms with van der Waals surface area (Å²) in [5, 5.41) is 0. The first-order chi connectivity index (χ1) is 12.3. The SMILES string of the molecule is CC(C)(C)OC(=O)N1C2CCC1CC(C(=O)c1ccn3ccnc3c1)C2. The van der Waals surface area contributed by atoms with E-state index in [0.717, 1.165) is 18.5 Å². The highest BCUT2D eigenvalue weighted by molar-refractivity contribution is 5.98. The zero-order valence-corrected chi connectivity index (χ0v) is 15.5. The predicted molar refractivity (Wildman–Crippen MR) is 97.1 cm³/mol. The lowest BCUT2D eigenvalue weighted by Crippen LogP contribution is -2.49. The van der Waals surface area contributed by atoms with Gasteiger partial charge in [0.2, 0.25) is 0 Å². The highest BCUT2D eigenvalue weighted by atomic mass is 16.6. The number of hydrogen-bond donors (Lipinski definition) is 0. The number of carbonyl (C=O) groups excluding carboxylic acids is 2. The molecule has 0 aromatic carbocycles. The van der Waals surface area contributed by atoms with Crippen molar-refractivity contribution in [2.75, 3.05) is 0 Å². The first-order valence-corrected chi connectivity index (χ1v) is 9.30. The largest absolute Gasteiger partial charge is 0.444 e. The molecular formula is C20H25N3O3. The van der Waals surface area contributed by atoms with Crippen molar-refractivity contribution in [3.8, 4) is 0 Å². The minimum absolute atomic E-state index is 0.0383. The number of aromatic nitrogens is 2. The van der Waals surface area contributed by atoms with Crippen LogP contribution in [-0.4, -0.2) is 43.8 Å². The van der Waals surface area contributed by atoms with Crippen LogP contribution < -0.4 is 0 Å². The quantitative estimate of drug-likeness (QED) is 0.771. The van der Waals surface area contributed by atoms with Crippen LogP contribution in [-0.2, 0) is 4.74 Å². The Balaban J connectivity index is 1.49. The van der Waals surface area contributed by atoms with Gasteiger partial charge in [-0.15, -0.1) is 0 Å². The third-order valence-electron chi connectivity index (χ3n) is 5.39. The molecule has 2 fully saturated rings. The molecule has 0 aliphatic carbocycles. The van der Waals surface area contributed by atoms with Crippen LogP contribution in [0.2, 0.25) is 0 Å². The molecule has 1 amide bonds. The molecule has 138 valence electrons. The topological polar surface area (TPSA) is 63.9 Å². The second-order valence-electron chi connectivity index (χ2n) is 8.41. The molecule has 2 unspecified atom stereocenters. The van der Waals surface area contributed by atoms with Gasteiger partial charge in [0.05, 0.1) is 0 Å². The molecule has 0 spiro atoms. The van der Waals surface area contributed by atoms with Gasteiger partial charge >= 0.3 is 6.09 Å². The van der Waals surface area contributed by atoms with E-state index in [2.05, 4.69) is 4.98 Å². The molecule has 2 aromatic heterocycles. The third-order valence-corrected chi connectivity index (χ3v) is 5.39. The molecule has 6 heteroatoms. The van der Waals surface area contributed by atoms with Crippen LogP contribution in [0.5, 0.6) is 0 Å². The summed E-state index contributed by atoms with van der Waals surface area (Å²) in [5.74, 6) is 0.125. The number of hydrogen-bond acceptors (Lipinski definition) is 4. The van der Waals surface area contributed by atoms with E-state index in [1.807, 2.05) is 54.6 Å². The van der Waals surface area contributed by atoms with Crippen molar-refractivity contribution in [2.45, 2.75) is 64.1 Å². The lowest BCUT2D eigenvalue weighted by atomic mass is 9.85. The number of carbonyl (C=O) groups is 2. The first kappa shape index (κ1) is 17.1. The number of ether oxygens (including phenoxy) is 1. The van der Waals surface area contributed by atoms with E-state index in [9.17, 15) is 9.59 Å². The first-order valence-electron chi connectivity index (χ1n) is 9.30. The fraction of sp³-hybridized carbons (Fsp3) is 0.550. The van der Waals surface area contributed by atoms with Crippen molar-refractivity contribution in [1.29, 1.82) is 0 Å². The number of ketones is 1. The van der Waals surface area contributed by atoms with Gasteiger partial charge in [0, 0.05) is 42.2 Å². The molecule has 4 heterocycles. The molecule has 2 aliphatic heterocycles. The van der Waals surface area contributed by atoms with E-state index in [-0.39, 0.29) is 29.9 Å². The van der Waals surface area contributed by atoms with Crippen LogP contribution in [0.4, 0.5) is 4.79 Å². The molecule has 2 aromatic rings. The Morgan fingerprint density at radius 3 is 2.50 bits per heavy atom. The number of pyridine rings is 1. The summed E-state index contributed by atoms with van der Waals surface area (Å²) < 4.78 is 7.46. The molecule has 0 radical (unpaired) electrons. The lowest BCUT2D eigenvalue weighted by molar-refractivity contribution is 0.00254. The molecule has 2 saturated heterocycles. The number of imidazole rings is 1. The monoisotopic (exact) mass is 355 g/mol.